The summed E-state index contributed by atoms with van der Waals surface area (Å²) < 4.78 is 10.6. The number of hydrogen-bond acceptors (Lipinski definition) is 6. The maximum absolute atomic E-state index is 5.93. The second-order valence-corrected chi connectivity index (χ2v) is 5.19. The summed E-state index contributed by atoms with van der Waals surface area (Å²) in [5, 5.41) is 0.660. The standard InChI is InChI=1S/C18H18N4O2/c1-23-13-7-5-11(6-8-13)3-4-12-9-14-16(15(10-12)24-2)17(19)22-18(20)21-14/h3-10H,1-2H3,(H4,19,20,21,22)/b4-3+. The van der Waals surface area contributed by atoms with Gasteiger partial charge in [-0.05, 0) is 35.4 Å². The van der Waals surface area contributed by atoms with E-state index in [4.69, 9.17) is 20.9 Å². The molecule has 1 aromatic heterocycles. The predicted molar refractivity (Wildman–Crippen MR) is 96.8 cm³/mol. The van der Waals surface area contributed by atoms with Crippen molar-refractivity contribution in [3.63, 3.8) is 0 Å². The SMILES string of the molecule is COc1ccc(/C=C/c2cc(OC)c3c(N)nc(N)nc3c2)cc1. The van der Waals surface area contributed by atoms with Gasteiger partial charge in [0, 0.05) is 0 Å². The Balaban J connectivity index is 2.01. The highest BCUT2D eigenvalue weighted by Gasteiger charge is 2.10. The summed E-state index contributed by atoms with van der Waals surface area (Å²) in [6.07, 6.45) is 3.96. The first-order valence-corrected chi connectivity index (χ1v) is 7.33. The van der Waals surface area contributed by atoms with Crippen LogP contribution < -0.4 is 20.9 Å². The molecule has 0 aliphatic carbocycles. The highest BCUT2D eigenvalue weighted by Crippen LogP contribution is 2.31. The fourth-order valence-corrected chi connectivity index (χ4v) is 2.46. The van der Waals surface area contributed by atoms with Crippen molar-refractivity contribution in [3.8, 4) is 11.5 Å². The molecule has 0 radical (unpaired) electrons. The van der Waals surface area contributed by atoms with Gasteiger partial charge in [0.1, 0.15) is 17.3 Å². The molecule has 6 nitrogen and oxygen atoms in total. The third-order valence-corrected chi connectivity index (χ3v) is 3.63. The molecule has 0 saturated carbocycles. The molecular formula is C18H18N4O2. The predicted octanol–water partition coefficient (Wildman–Crippen LogP) is 2.98. The van der Waals surface area contributed by atoms with Crippen LogP contribution in [0.3, 0.4) is 0 Å². The number of benzene rings is 2. The van der Waals surface area contributed by atoms with Crippen molar-refractivity contribution < 1.29 is 9.47 Å². The van der Waals surface area contributed by atoms with Crippen LogP contribution in [-0.2, 0) is 0 Å². The summed E-state index contributed by atoms with van der Waals surface area (Å²) in [6, 6.07) is 11.6. The molecule has 24 heavy (non-hydrogen) atoms. The number of anilines is 2. The number of nitrogens with two attached hydrogens (primary N) is 2. The van der Waals surface area contributed by atoms with Gasteiger partial charge in [0.15, 0.2) is 0 Å². The van der Waals surface area contributed by atoms with Gasteiger partial charge < -0.3 is 20.9 Å². The third-order valence-electron chi connectivity index (χ3n) is 3.63. The summed E-state index contributed by atoms with van der Waals surface area (Å²) in [4.78, 5) is 8.22. The molecule has 4 N–H and O–H groups in total. The number of aromatic nitrogens is 2. The van der Waals surface area contributed by atoms with Crippen LogP contribution in [0.2, 0.25) is 0 Å². The molecular weight excluding hydrogens is 304 g/mol. The van der Waals surface area contributed by atoms with Crippen LogP contribution in [0.5, 0.6) is 11.5 Å². The Bertz CT molecular complexity index is 905. The molecule has 0 atom stereocenters. The van der Waals surface area contributed by atoms with E-state index in [2.05, 4.69) is 9.97 Å². The van der Waals surface area contributed by atoms with Crippen molar-refractivity contribution in [2.24, 2.45) is 0 Å². The Hall–Kier alpha value is -3.28. The number of nitrogen functional groups attached to an aromatic ring is 2. The van der Waals surface area contributed by atoms with E-state index in [1.165, 1.54) is 0 Å². The van der Waals surface area contributed by atoms with E-state index in [9.17, 15) is 0 Å². The zero-order valence-electron chi connectivity index (χ0n) is 13.5. The second kappa shape index (κ2) is 6.45. The van der Waals surface area contributed by atoms with Crippen molar-refractivity contribution in [1.29, 1.82) is 0 Å². The third kappa shape index (κ3) is 3.08. The largest absolute Gasteiger partial charge is 0.497 e. The number of hydrogen-bond donors (Lipinski definition) is 2. The summed E-state index contributed by atoms with van der Waals surface area (Å²) in [7, 11) is 3.23. The Morgan fingerprint density at radius 1 is 0.875 bits per heavy atom. The van der Waals surface area contributed by atoms with Crippen molar-refractivity contribution in [1.82, 2.24) is 9.97 Å². The quantitative estimate of drug-likeness (QED) is 0.717. The van der Waals surface area contributed by atoms with Crippen molar-refractivity contribution in [2.75, 3.05) is 25.7 Å². The number of nitrogens with zero attached hydrogens (tertiary/aromatic N) is 2. The molecule has 2 aromatic carbocycles. The first-order valence-electron chi connectivity index (χ1n) is 7.33. The molecule has 0 saturated heterocycles. The Labute approximate surface area is 139 Å². The topological polar surface area (TPSA) is 96.3 Å². The normalized spacial score (nSPS) is 11.1. The number of fused-ring (bicyclic) bond motifs is 1. The maximum Gasteiger partial charge on any atom is 0.222 e. The van der Waals surface area contributed by atoms with Gasteiger partial charge in [0.2, 0.25) is 5.95 Å². The van der Waals surface area contributed by atoms with Crippen molar-refractivity contribution >= 4 is 34.8 Å². The minimum atomic E-state index is 0.137. The van der Waals surface area contributed by atoms with Crippen LogP contribution in [0.15, 0.2) is 36.4 Å². The lowest BCUT2D eigenvalue weighted by Crippen LogP contribution is -2.02. The van der Waals surface area contributed by atoms with Gasteiger partial charge in [-0.1, -0.05) is 24.3 Å². The number of ether oxygens (including phenoxy) is 2. The summed E-state index contributed by atoms with van der Waals surface area (Å²) in [5.41, 5.74) is 14.2. The van der Waals surface area contributed by atoms with Crippen LogP contribution >= 0.6 is 0 Å². The lowest BCUT2D eigenvalue weighted by atomic mass is 10.1. The first kappa shape index (κ1) is 15.6. The van der Waals surface area contributed by atoms with Crippen LogP contribution in [0, 0.1) is 0 Å². The zero-order valence-corrected chi connectivity index (χ0v) is 13.5. The Morgan fingerprint density at radius 2 is 1.58 bits per heavy atom. The van der Waals surface area contributed by atoms with Crippen LogP contribution in [0.25, 0.3) is 23.1 Å². The van der Waals surface area contributed by atoms with E-state index in [-0.39, 0.29) is 5.95 Å². The minimum Gasteiger partial charge on any atom is -0.497 e. The molecule has 0 unspecified atom stereocenters. The van der Waals surface area contributed by atoms with Crippen molar-refractivity contribution in [3.05, 3.63) is 47.5 Å². The van der Waals surface area contributed by atoms with Gasteiger partial charge in [-0.3, -0.25) is 0 Å². The fourth-order valence-electron chi connectivity index (χ4n) is 2.46. The van der Waals surface area contributed by atoms with E-state index in [1.807, 2.05) is 48.6 Å². The molecule has 0 aliphatic rings. The van der Waals surface area contributed by atoms with E-state index in [0.29, 0.717) is 22.5 Å². The van der Waals surface area contributed by atoms with Gasteiger partial charge >= 0.3 is 0 Å². The zero-order chi connectivity index (χ0) is 17.1. The monoisotopic (exact) mass is 322 g/mol. The van der Waals surface area contributed by atoms with Gasteiger partial charge in [0.05, 0.1) is 25.1 Å². The van der Waals surface area contributed by atoms with E-state index in [0.717, 1.165) is 16.9 Å². The van der Waals surface area contributed by atoms with E-state index >= 15 is 0 Å². The fraction of sp³-hybridized carbons (Fsp3) is 0.111. The highest BCUT2D eigenvalue weighted by molar-refractivity contribution is 5.96. The molecule has 3 aromatic rings. The molecule has 0 bridgehead atoms. The lowest BCUT2D eigenvalue weighted by molar-refractivity contribution is 0.415. The summed E-state index contributed by atoms with van der Waals surface area (Å²) in [6.45, 7) is 0. The van der Waals surface area contributed by atoms with Crippen molar-refractivity contribution in [2.45, 2.75) is 0 Å². The molecule has 0 fully saturated rings. The Morgan fingerprint density at radius 3 is 2.25 bits per heavy atom. The van der Waals surface area contributed by atoms with E-state index in [1.54, 1.807) is 14.2 Å². The molecule has 3 rings (SSSR count). The first-order chi connectivity index (χ1) is 11.6. The summed E-state index contributed by atoms with van der Waals surface area (Å²) in [5.74, 6) is 1.87. The van der Waals surface area contributed by atoms with Gasteiger partial charge in [0.25, 0.3) is 0 Å². The molecule has 0 aliphatic heterocycles. The smallest absolute Gasteiger partial charge is 0.222 e. The molecule has 0 spiro atoms. The van der Waals surface area contributed by atoms with Gasteiger partial charge in [-0.2, -0.15) is 4.98 Å². The average Bonchev–Trinajstić information content (AvgIpc) is 2.59. The highest BCUT2D eigenvalue weighted by atomic mass is 16.5. The lowest BCUT2D eigenvalue weighted by Gasteiger charge is -2.09. The minimum absolute atomic E-state index is 0.137. The van der Waals surface area contributed by atoms with Gasteiger partial charge in [-0.25, -0.2) is 4.98 Å². The van der Waals surface area contributed by atoms with Crippen LogP contribution in [-0.4, -0.2) is 24.2 Å². The van der Waals surface area contributed by atoms with Gasteiger partial charge in [-0.15, -0.1) is 0 Å². The molecule has 6 heteroatoms. The number of methoxy groups -OCH3 is 2. The average molecular weight is 322 g/mol. The molecule has 122 valence electrons. The Kier molecular flexibility index (Phi) is 4.20. The molecule has 1 heterocycles. The maximum atomic E-state index is 5.93. The van der Waals surface area contributed by atoms with Crippen LogP contribution in [0.4, 0.5) is 11.8 Å². The van der Waals surface area contributed by atoms with Crippen LogP contribution in [0.1, 0.15) is 11.1 Å². The molecule has 0 amide bonds. The number of rotatable bonds is 4. The summed E-state index contributed by atoms with van der Waals surface area (Å²) >= 11 is 0. The second-order valence-electron chi connectivity index (χ2n) is 5.19. The van der Waals surface area contributed by atoms with E-state index < -0.39 is 0 Å².